The van der Waals surface area contributed by atoms with Gasteiger partial charge < -0.3 is 15.7 Å². The first kappa shape index (κ1) is 17.1. The summed E-state index contributed by atoms with van der Waals surface area (Å²) in [5.74, 6) is -0.522. The van der Waals surface area contributed by atoms with Crippen LogP contribution in [-0.2, 0) is 4.79 Å². The fourth-order valence-corrected chi connectivity index (χ4v) is 4.55. The van der Waals surface area contributed by atoms with Gasteiger partial charge in [0.15, 0.2) is 0 Å². The van der Waals surface area contributed by atoms with Crippen molar-refractivity contribution in [1.29, 1.82) is 0 Å². The standard InChI is InChI=1S/C17H21FN2O3S/c18-13-3-1-2-12-14(8-9-24-15(12)13)20-17(23)19-11-6-4-10(5-7-11)16(21)22/h1-3,10-11,14H,4-9H2,(H,21,22)(H2,19,20,23). The van der Waals surface area contributed by atoms with Gasteiger partial charge in [-0.3, -0.25) is 4.79 Å². The summed E-state index contributed by atoms with van der Waals surface area (Å²) >= 11 is 1.48. The van der Waals surface area contributed by atoms with E-state index < -0.39 is 5.97 Å². The first-order valence-corrected chi connectivity index (χ1v) is 9.24. The predicted molar refractivity (Wildman–Crippen MR) is 89.5 cm³/mol. The molecule has 1 aliphatic heterocycles. The van der Waals surface area contributed by atoms with Crippen molar-refractivity contribution in [2.45, 2.75) is 49.1 Å². The van der Waals surface area contributed by atoms with Crippen LogP contribution >= 0.6 is 11.8 Å². The summed E-state index contributed by atoms with van der Waals surface area (Å²) in [5, 5.41) is 14.9. The number of fused-ring (bicyclic) bond motifs is 1. The first-order valence-electron chi connectivity index (χ1n) is 8.25. The predicted octanol–water partition coefficient (Wildman–Crippen LogP) is 3.31. The first-order chi connectivity index (χ1) is 11.5. The average molecular weight is 352 g/mol. The summed E-state index contributed by atoms with van der Waals surface area (Å²) in [6.45, 7) is 0. The molecule has 130 valence electrons. The molecular weight excluding hydrogens is 331 g/mol. The van der Waals surface area contributed by atoms with Gasteiger partial charge in [0, 0.05) is 16.7 Å². The summed E-state index contributed by atoms with van der Waals surface area (Å²) < 4.78 is 13.9. The molecule has 1 fully saturated rings. The van der Waals surface area contributed by atoms with Crippen LogP contribution in [-0.4, -0.2) is 28.9 Å². The number of urea groups is 1. The molecule has 0 radical (unpaired) electrons. The minimum absolute atomic E-state index is 0.00513. The number of thioether (sulfide) groups is 1. The van der Waals surface area contributed by atoms with Crippen LogP contribution in [0.1, 0.15) is 43.7 Å². The Balaban J connectivity index is 1.55. The number of carbonyl (C=O) groups is 2. The second-order valence-corrected chi connectivity index (χ2v) is 7.46. The van der Waals surface area contributed by atoms with Gasteiger partial charge in [-0.15, -0.1) is 11.8 Å². The second-order valence-electron chi connectivity index (χ2n) is 6.35. The van der Waals surface area contributed by atoms with Crippen molar-refractivity contribution < 1.29 is 19.1 Å². The number of nitrogens with one attached hydrogen (secondary N) is 2. The summed E-state index contributed by atoms with van der Waals surface area (Å²) in [4.78, 5) is 23.8. The monoisotopic (exact) mass is 352 g/mol. The van der Waals surface area contributed by atoms with Crippen molar-refractivity contribution in [1.82, 2.24) is 10.6 Å². The van der Waals surface area contributed by atoms with E-state index in [0.29, 0.717) is 30.6 Å². The second kappa shape index (κ2) is 7.42. The maximum Gasteiger partial charge on any atom is 0.315 e. The van der Waals surface area contributed by atoms with Crippen LogP contribution in [0.5, 0.6) is 0 Å². The third-order valence-corrected chi connectivity index (χ3v) is 5.90. The Morgan fingerprint density at radius 1 is 1.12 bits per heavy atom. The fourth-order valence-electron chi connectivity index (χ4n) is 3.41. The maximum atomic E-state index is 13.9. The van der Waals surface area contributed by atoms with Gasteiger partial charge in [-0.25, -0.2) is 9.18 Å². The van der Waals surface area contributed by atoms with Crippen LogP contribution in [0.4, 0.5) is 9.18 Å². The number of hydrogen-bond acceptors (Lipinski definition) is 3. The molecule has 2 aliphatic rings. The van der Waals surface area contributed by atoms with Gasteiger partial charge in [0.05, 0.1) is 12.0 Å². The number of benzene rings is 1. The topological polar surface area (TPSA) is 78.4 Å². The van der Waals surface area contributed by atoms with Gasteiger partial charge >= 0.3 is 12.0 Å². The molecule has 0 aromatic heterocycles. The van der Waals surface area contributed by atoms with Gasteiger partial charge in [0.1, 0.15) is 5.82 Å². The smallest absolute Gasteiger partial charge is 0.315 e. The lowest BCUT2D eigenvalue weighted by molar-refractivity contribution is -0.142. The van der Waals surface area contributed by atoms with Crippen LogP contribution in [0, 0.1) is 11.7 Å². The van der Waals surface area contributed by atoms with Crippen molar-refractivity contribution in [2.75, 3.05) is 5.75 Å². The number of carboxylic acids is 1. The minimum Gasteiger partial charge on any atom is -0.481 e. The zero-order valence-electron chi connectivity index (χ0n) is 13.3. The molecule has 24 heavy (non-hydrogen) atoms. The van der Waals surface area contributed by atoms with Crippen LogP contribution in [0.15, 0.2) is 23.1 Å². The van der Waals surface area contributed by atoms with Crippen LogP contribution < -0.4 is 10.6 Å². The molecule has 1 unspecified atom stereocenters. The SMILES string of the molecule is O=C(NC1CCC(C(=O)O)CC1)NC1CCSc2c(F)cccc21. The van der Waals surface area contributed by atoms with Crippen molar-refractivity contribution in [2.24, 2.45) is 5.92 Å². The molecule has 1 saturated carbocycles. The molecule has 7 heteroatoms. The molecule has 0 bridgehead atoms. The van der Waals surface area contributed by atoms with Crippen molar-refractivity contribution in [3.63, 3.8) is 0 Å². The Hall–Kier alpha value is -1.76. The van der Waals surface area contributed by atoms with E-state index in [1.54, 1.807) is 6.07 Å². The lowest BCUT2D eigenvalue weighted by Gasteiger charge is -2.29. The Morgan fingerprint density at radius 3 is 2.58 bits per heavy atom. The van der Waals surface area contributed by atoms with E-state index in [2.05, 4.69) is 10.6 Å². The van der Waals surface area contributed by atoms with E-state index in [1.165, 1.54) is 17.8 Å². The Morgan fingerprint density at radius 2 is 1.88 bits per heavy atom. The molecular formula is C17H21FN2O3S. The Labute approximate surface area is 144 Å². The van der Waals surface area contributed by atoms with Gasteiger partial charge in [0.2, 0.25) is 0 Å². The molecule has 5 nitrogen and oxygen atoms in total. The summed E-state index contributed by atoms with van der Waals surface area (Å²) in [5.41, 5.74) is 0.830. The zero-order valence-corrected chi connectivity index (χ0v) is 14.1. The van der Waals surface area contributed by atoms with E-state index in [4.69, 9.17) is 5.11 Å². The number of carbonyl (C=O) groups excluding carboxylic acids is 1. The number of amides is 2. The number of hydrogen-bond donors (Lipinski definition) is 3. The number of rotatable bonds is 3. The number of halogens is 1. The normalized spacial score (nSPS) is 26.3. The van der Waals surface area contributed by atoms with E-state index in [1.807, 2.05) is 6.07 Å². The highest BCUT2D eigenvalue weighted by Crippen LogP contribution is 2.37. The molecule has 0 saturated heterocycles. The largest absolute Gasteiger partial charge is 0.481 e. The lowest BCUT2D eigenvalue weighted by atomic mass is 9.86. The third kappa shape index (κ3) is 3.83. The van der Waals surface area contributed by atoms with E-state index in [9.17, 15) is 14.0 Å². The molecule has 1 atom stereocenters. The maximum absolute atomic E-state index is 13.9. The van der Waals surface area contributed by atoms with Crippen LogP contribution in [0.3, 0.4) is 0 Å². The summed E-state index contributed by atoms with van der Waals surface area (Å²) in [6.07, 6.45) is 3.30. The van der Waals surface area contributed by atoms with Crippen LogP contribution in [0.25, 0.3) is 0 Å². The average Bonchev–Trinajstić information content (AvgIpc) is 2.56. The van der Waals surface area contributed by atoms with Crippen molar-refractivity contribution >= 4 is 23.8 Å². The van der Waals surface area contributed by atoms with Gasteiger partial charge in [-0.2, -0.15) is 0 Å². The molecule has 1 aromatic rings. The van der Waals surface area contributed by atoms with E-state index >= 15 is 0 Å². The summed E-state index contributed by atoms with van der Waals surface area (Å²) in [7, 11) is 0. The van der Waals surface area contributed by atoms with Gasteiger partial charge in [-0.1, -0.05) is 12.1 Å². The minimum atomic E-state index is -0.753. The fraction of sp³-hybridized carbons (Fsp3) is 0.529. The highest BCUT2D eigenvalue weighted by molar-refractivity contribution is 7.99. The highest BCUT2D eigenvalue weighted by atomic mass is 32.2. The molecule has 1 heterocycles. The zero-order chi connectivity index (χ0) is 17.1. The molecule has 1 aliphatic carbocycles. The van der Waals surface area contributed by atoms with Crippen molar-refractivity contribution in [3.05, 3.63) is 29.6 Å². The van der Waals surface area contributed by atoms with Crippen molar-refractivity contribution in [3.8, 4) is 0 Å². The number of carboxylic acid groups (broad SMARTS) is 1. The molecule has 2 amide bonds. The molecule has 0 spiro atoms. The van der Waals surface area contributed by atoms with Gasteiger partial charge in [0.25, 0.3) is 0 Å². The Kier molecular flexibility index (Phi) is 5.28. The highest BCUT2D eigenvalue weighted by Gasteiger charge is 2.28. The van der Waals surface area contributed by atoms with E-state index in [-0.39, 0.29) is 29.8 Å². The number of aliphatic carboxylic acids is 1. The van der Waals surface area contributed by atoms with Crippen LogP contribution in [0.2, 0.25) is 0 Å². The lowest BCUT2D eigenvalue weighted by Crippen LogP contribution is -2.45. The molecule has 3 N–H and O–H groups in total. The Bertz CT molecular complexity index is 632. The summed E-state index contributed by atoms with van der Waals surface area (Å²) in [6, 6.07) is 4.52. The quantitative estimate of drug-likeness (QED) is 0.780. The molecule has 3 rings (SSSR count). The van der Waals surface area contributed by atoms with Gasteiger partial charge in [-0.05, 0) is 43.7 Å². The molecule has 1 aromatic carbocycles. The van der Waals surface area contributed by atoms with E-state index in [0.717, 1.165) is 17.7 Å². The third-order valence-electron chi connectivity index (χ3n) is 4.74.